The molecule has 1 nitrogen and oxygen atoms in total. The summed E-state index contributed by atoms with van der Waals surface area (Å²) in [6, 6.07) is 8.21. The third kappa shape index (κ3) is 4.56. The molecule has 0 amide bonds. The van der Waals surface area contributed by atoms with E-state index in [1.165, 1.54) is 17.7 Å². The number of aryl methyl sites for hydroxylation is 1. The van der Waals surface area contributed by atoms with Crippen LogP contribution in [-0.2, 0) is 0 Å². The van der Waals surface area contributed by atoms with Crippen molar-refractivity contribution in [1.29, 1.82) is 0 Å². The van der Waals surface area contributed by atoms with E-state index in [0.29, 0.717) is 0 Å². The second-order valence-electron chi connectivity index (χ2n) is 3.27. The topological polar surface area (TPSA) is 9.23 Å². The van der Waals surface area contributed by atoms with Gasteiger partial charge in [-0.3, -0.25) is 0 Å². The summed E-state index contributed by atoms with van der Waals surface area (Å²) in [5.74, 6) is 3.30. The summed E-state index contributed by atoms with van der Waals surface area (Å²) in [5, 5.41) is 0. The molecule has 14 heavy (non-hydrogen) atoms. The highest BCUT2D eigenvalue weighted by Crippen LogP contribution is 2.12. The van der Waals surface area contributed by atoms with Crippen molar-refractivity contribution in [2.45, 2.75) is 20.3 Å². The molecule has 0 heterocycles. The van der Waals surface area contributed by atoms with Crippen LogP contribution < -0.4 is 4.74 Å². The van der Waals surface area contributed by atoms with Gasteiger partial charge in [-0.25, -0.2) is 0 Å². The Hall–Kier alpha value is -0.630. The summed E-state index contributed by atoms with van der Waals surface area (Å²) in [6.45, 7) is 5.10. The van der Waals surface area contributed by atoms with Gasteiger partial charge >= 0.3 is 0 Å². The van der Waals surface area contributed by atoms with Crippen molar-refractivity contribution in [3.63, 3.8) is 0 Å². The molecule has 0 bridgehead atoms. The van der Waals surface area contributed by atoms with Crippen LogP contribution in [0.5, 0.6) is 5.75 Å². The molecule has 1 aromatic rings. The maximum absolute atomic E-state index is 5.59. The number of benzene rings is 1. The molecular weight excluding hydrogens is 192 g/mol. The van der Waals surface area contributed by atoms with Gasteiger partial charge in [0, 0.05) is 5.75 Å². The molecule has 78 valence electrons. The molecule has 2 heteroatoms. The summed E-state index contributed by atoms with van der Waals surface area (Å²) < 4.78 is 5.59. The minimum Gasteiger partial charge on any atom is -0.493 e. The Morgan fingerprint density at radius 3 is 2.50 bits per heavy atom. The molecule has 1 aromatic carbocycles. The van der Waals surface area contributed by atoms with E-state index >= 15 is 0 Å². The molecule has 0 aliphatic carbocycles. The third-order valence-electron chi connectivity index (χ3n) is 1.87. The van der Waals surface area contributed by atoms with E-state index in [-0.39, 0.29) is 0 Å². The quantitative estimate of drug-likeness (QED) is 0.664. The van der Waals surface area contributed by atoms with Crippen LogP contribution in [0.15, 0.2) is 24.3 Å². The number of hydrogen-bond donors (Lipinski definition) is 0. The van der Waals surface area contributed by atoms with Crippen molar-refractivity contribution in [3.05, 3.63) is 29.8 Å². The molecule has 0 aromatic heterocycles. The summed E-state index contributed by atoms with van der Waals surface area (Å²) in [5.41, 5.74) is 1.28. The number of thioether (sulfide) groups is 1. The second kappa shape index (κ2) is 6.77. The maximum atomic E-state index is 5.59. The van der Waals surface area contributed by atoms with Gasteiger partial charge in [-0.2, -0.15) is 11.8 Å². The molecule has 0 atom stereocenters. The van der Waals surface area contributed by atoms with Gasteiger partial charge in [0.15, 0.2) is 0 Å². The summed E-state index contributed by atoms with van der Waals surface area (Å²) in [7, 11) is 0. The normalized spacial score (nSPS) is 10.1. The van der Waals surface area contributed by atoms with Gasteiger partial charge in [-0.05, 0) is 31.2 Å². The molecule has 0 unspecified atom stereocenters. The zero-order chi connectivity index (χ0) is 10.2. The Balaban J connectivity index is 2.15. The molecular formula is C12H18OS. The summed E-state index contributed by atoms with van der Waals surface area (Å²) >= 11 is 1.95. The minimum absolute atomic E-state index is 0.813. The molecule has 0 spiro atoms. The highest BCUT2D eigenvalue weighted by Gasteiger charge is 1.92. The smallest absolute Gasteiger partial charge is 0.119 e. The first kappa shape index (κ1) is 11.4. The van der Waals surface area contributed by atoms with Gasteiger partial charge in [-0.15, -0.1) is 0 Å². The van der Waals surface area contributed by atoms with E-state index in [1.54, 1.807) is 0 Å². The maximum Gasteiger partial charge on any atom is 0.119 e. The van der Waals surface area contributed by atoms with Crippen LogP contribution in [0.25, 0.3) is 0 Å². The van der Waals surface area contributed by atoms with Crippen LogP contribution in [0.2, 0.25) is 0 Å². The molecule has 0 fully saturated rings. The predicted molar refractivity (Wildman–Crippen MR) is 64.3 cm³/mol. The van der Waals surface area contributed by atoms with Crippen molar-refractivity contribution >= 4 is 11.8 Å². The molecule has 0 N–H and O–H groups in total. The zero-order valence-electron chi connectivity index (χ0n) is 8.95. The van der Waals surface area contributed by atoms with Gasteiger partial charge in [-0.1, -0.05) is 24.6 Å². The van der Waals surface area contributed by atoms with E-state index in [4.69, 9.17) is 4.74 Å². The van der Waals surface area contributed by atoms with Crippen LogP contribution in [-0.4, -0.2) is 18.1 Å². The highest BCUT2D eigenvalue weighted by molar-refractivity contribution is 7.99. The first-order valence-corrected chi connectivity index (χ1v) is 6.25. The average molecular weight is 210 g/mol. The number of hydrogen-bond acceptors (Lipinski definition) is 2. The van der Waals surface area contributed by atoms with E-state index in [2.05, 4.69) is 26.0 Å². The average Bonchev–Trinajstić information content (AvgIpc) is 2.21. The third-order valence-corrected chi connectivity index (χ3v) is 3.02. The fourth-order valence-electron chi connectivity index (χ4n) is 1.10. The van der Waals surface area contributed by atoms with Crippen molar-refractivity contribution in [2.75, 3.05) is 18.1 Å². The lowest BCUT2D eigenvalue weighted by Crippen LogP contribution is -2.00. The van der Waals surface area contributed by atoms with E-state index in [1.807, 2.05) is 23.9 Å². The Morgan fingerprint density at radius 1 is 1.14 bits per heavy atom. The monoisotopic (exact) mass is 210 g/mol. The molecule has 0 saturated carbocycles. The van der Waals surface area contributed by atoms with Crippen molar-refractivity contribution in [2.24, 2.45) is 0 Å². The lowest BCUT2D eigenvalue weighted by atomic mass is 10.2. The van der Waals surface area contributed by atoms with Crippen molar-refractivity contribution in [1.82, 2.24) is 0 Å². The van der Waals surface area contributed by atoms with Crippen molar-refractivity contribution < 1.29 is 4.74 Å². The predicted octanol–water partition coefficient (Wildman–Crippen LogP) is 3.52. The van der Waals surface area contributed by atoms with Crippen LogP contribution in [0, 0.1) is 6.92 Å². The zero-order valence-corrected chi connectivity index (χ0v) is 9.77. The van der Waals surface area contributed by atoms with E-state index < -0.39 is 0 Å². The van der Waals surface area contributed by atoms with Gasteiger partial charge in [0.05, 0.1) is 6.61 Å². The molecule has 1 rings (SSSR count). The molecule has 0 aliphatic rings. The van der Waals surface area contributed by atoms with Crippen molar-refractivity contribution in [3.8, 4) is 5.75 Å². The highest BCUT2D eigenvalue weighted by atomic mass is 32.2. The van der Waals surface area contributed by atoms with Gasteiger partial charge in [0.25, 0.3) is 0 Å². The standard InChI is InChI=1S/C12H18OS/c1-3-9-14-10-8-13-12-6-4-11(2)5-7-12/h4-7H,3,8-10H2,1-2H3. The van der Waals surface area contributed by atoms with E-state index in [0.717, 1.165) is 18.1 Å². The first-order valence-electron chi connectivity index (χ1n) is 5.10. The second-order valence-corrected chi connectivity index (χ2v) is 4.50. The lowest BCUT2D eigenvalue weighted by molar-refractivity contribution is 0.344. The van der Waals surface area contributed by atoms with Crippen LogP contribution in [0.1, 0.15) is 18.9 Å². The SMILES string of the molecule is CCCSCCOc1ccc(C)cc1. The molecule has 0 saturated heterocycles. The van der Waals surface area contributed by atoms with Gasteiger partial charge in [0.1, 0.15) is 5.75 Å². The fourth-order valence-corrected chi connectivity index (χ4v) is 1.79. The van der Waals surface area contributed by atoms with Crippen LogP contribution in [0.3, 0.4) is 0 Å². The fraction of sp³-hybridized carbons (Fsp3) is 0.500. The Bertz CT molecular complexity index is 243. The molecule has 0 radical (unpaired) electrons. The van der Waals surface area contributed by atoms with Crippen LogP contribution >= 0.6 is 11.8 Å². The largest absolute Gasteiger partial charge is 0.493 e. The van der Waals surface area contributed by atoms with E-state index in [9.17, 15) is 0 Å². The van der Waals surface area contributed by atoms with Gasteiger partial charge in [0.2, 0.25) is 0 Å². The van der Waals surface area contributed by atoms with Crippen LogP contribution in [0.4, 0.5) is 0 Å². The molecule has 0 aliphatic heterocycles. The van der Waals surface area contributed by atoms with Gasteiger partial charge < -0.3 is 4.74 Å². The Labute approximate surface area is 90.9 Å². The summed E-state index contributed by atoms with van der Waals surface area (Å²) in [6.07, 6.45) is 1.25. The minimum atomic E-state index is 0.813. The Morgan fingerprint density at radius 2 is 1.86 bits per heavy atom. The first-order chi connectivity index (χ1) is 6.83. The Kier molecular flexibility index (Phi) is 5.53. The number of ether oxygens (including phenoxy) is 1. The number of rotatable bonds is 6. The lowest BCUT2D eigenvalue weighted by Gasteiger charge is -2.05. The summed E-state index contributed by atoms with van der Waals surface area (Å²) in [4.78, 5) is 0.